The van der Waals surface area contributed by atoms with E-state index in [-0.39, 0.29) is 5.91 Å². The molecule has 0 aliphatic carbocycles. The first-order valence-corrected chi connectivity index (χ1v) is 10.9. The molecule has 8 heteroatoms. The van der Waals surface area contributed by atoms with E-state index in [1.54, 1.807) is 13.4 Å². The zero-order chi connectivity index (χ0) is 21.2. The average molecular weight is 429 g/mol. The van der Waals surface area contributed by atoms with Crippen LogP contribution in [-0.4, -0.2) is 35.5 Å². The maximum Gasteiger partial charge on any atom is 0.222 e. The monoisotopic (exact) mass is 428 g/mol. The zero-order valence-corrected chi connectivity index (χ0v) is 18.3. The van der Waals surface area contributed by atoms with E-state index in [0.29, 0.717) is 25.9 Å². The number of furan rings is 1. The quantitative estimate of drug-likeness (QED) is 0.469. The van der Waals surface area contributed by atoms with Crippen molar-refractivity contribution in [1.82, 2.24) is 14.7 Å². The van der Waals surface area contributed by atoms with Gasteiger partial charge in [0.1, 0.15) is 17.3 Å². The van der Waals surface area contributed by atoms with E-state index in [2.05, 4.69) is 21.5 Å². The molecule has 7 nitrogen and oxygen atoms in total. The van der Waals surface area contributed by atoms with Crippen LogP contribution in [0.4, 0.5) is 5.13 Å². The second-order valence-electron chi connectivity index (χ2n) is 6.97. The van der Waals surface area contributed by atoms with E-state index in [4.69, 9.17) is 14.1 Å². The Kier molecular flexibility index (Phi) is 8.26. The summed E-state index contributed by atoms with van der Waals surface area (Å²) in [4.78, 5) is 19.1. The third-order valence-electron chi connectivity index (χ3n) is 4.65. The SMILES string of the molecule is CCCCN(CCC(=O)NCc1ccco1)c1nc(Cc2cccc(OC)c2)ns1. The fraction of sp³-hybridized carbons (Fsp3) is 0.409. The molecule has 2 aromatic heterocycles. The number of unbranched alkanes of at least 4 members (excludes halogenated alkanes) is 1. The maximum atomic E-state index is 12.2. The summed E-state index contributed by atoms with van der Waals surface area (Å²) in [6.45, 7) is 4.03. The van der Waals surface area contributed by atoms with Crippen LogP contribution in [0.3, 0.4) is 0 Å². The van der Waals surface area contributed by atoms with Gasteiger partial charge in [-0.05, 0) is 36.2 Å². The van der Waals surface area contributed by atoms with Crippen LogP contribution in [0.2, 0.25) is 0 Å². The largest absolute Gasteiger partial charge is 0.497 e. The number of anilines is 1. The molecule has 30 heavy (non-hydrogen) atoms. The summed E-state index contributed by atoms with van der Waals surface area (Å²) in [6.07, 6.45) is 4.77. The minimum atomic E-state index is -0.00554. The van der Waals surface area contributed by atoms with Crippen molar-refractivity contribution in [3.8, 4) is 5.75 Å². The normalized spacial score (nSPS) is 10.7. The van der Waals surface area contributed by atoms with Crippen LogP contribution in [0.5, 0.6) is 5.75 Å². The van der Waals surface area contributed by atoms with Crippen LogP contribution < -0.4 is 15.0 Å². The highest BCUT2D eigenvalue weighted by atomic mass is 32.1. The lowest BCUT2D eigenvalue weighted by Gasteiger charge is -2.20. The number of carbonyl (C=O) groups excluding carboxylic acids is 1. The smallest absolute Gasteiger partial charge is 0.222 e. The predicted octanol–water partition coefficient (Wildman–Crippen LogP) is 4.04. The minimum Gasteiger partial charge on any atom is -0.497 e. The number of carbonyl (C=O) groups is 1. The highest BCUT2D eigenvalue weighted by molar-refractivity contribution is 7.09. The van der Waals surface area contributed by atoms with Crippen LogP contribution in [0.15, 0.2) is 47.1 Å². The van der Waals surface area contributed by atoms with Crippen LogP contribution in [0.1, 0.15) is 43.3 Å². The number of ether oxygens (including phenoxy) is 1. The van der Waals surface area contributed by atoms with Crippen LogP contribution in [-0.2, 0) is 17.8 Å². The molecule has 0 aliphatic heterocycles. The van der Waals surface area contributed by atoms with Crippen molar-refractivity contribution in [2.24, 2.45) is 0 Å². The molecular formula is C22H28N4O3S. The number of methoxy groups -OCH3 is 1. The molecule has 3 aromatic rings. The molecule has 0 bridgehead atoms. The Labute approximate surface area is 181 Å². The van der Waals surface area contributed by atoms with E-state index < -0.39 is 0 Å². The number of hydrogen-bond acceptors (Lipinski definition) is 7. The van der Waals surface area contributed by atoms with Gasteiger partial charge in [-0.15, -0.1) is 0 Å². The molecule has 0 unspecified atom stereocenters. The van der Waals surface area contributed by atoms with Crippen LogP contribution in [0, 0.1) is 0 Å². The fourth-order valence-corrected chi connectivity index (χ4v) is 3.72. The lowest BCUT2D eigenvalue weighted by molar-refractivity contribution is -0.121. The van der Waals surface area contributed by atoms with Crippen molar-refractivity contribution in [3.05, 3.63) is 59.8 Å². The lowest BCUT2D eigenvalue weighted by Crippen LogP contribution is -2.31. The van der Waals surface area contributed by atoms with E-state index in [9.17, 15) is 4.79 Å². The first kappa shape index (κ1) is 21.8. The zero-order valence-electron chi connectivity index (χ0n) is 17.5. The van der Waals surface area contributed by atoms with E-state index >= 15 is 0 Å². The molecule has 0 aliphatic rings. The molecule has 0 atom stereocenters. The Morgan fingerprint density at radius 2 is 2.17 bits per heavy atom. The van der Waals surface area contributed by atoms with Gasteiger partial charge in [-0.25, -0.2) is 4.98 Å². The van der Waals surface area contributed by atoms with Crippen molar-refractivity contribution < 1.29 is 13.9 Å². The summed E-state index contributed by atoms with van der Waals surface area (Å²) >= 11 is 1.39. The van der Waals surface area contributed by atoms with E-state index in [1.807, 2.05) is 36.4 Å². The lowest BCUT2D eigenvalue weighted by atomic mass is 10.1. The van der Waals surface area contributed by atoms with Crippen molar-refractivity contribution in [3.63, 3.8) is 0 Å². The van der Waals surface area contributed by atoms with Gasteiger partial charge >= 0.3 is 0 Å². The molecule has 0 spiro atoms. The van der Waals surface area contributed by atoms with Gasteiger partial charge in [-0.2, -0.15) is 4.37 Å². The van der Waals surface area contributed by atoms with Gasteiger partial charge in [-0.1, -0.05) is 25.5 Å². The topological polar surface area (TPSA) is 80.5 Å². The maximum absolute atomic E-state index is 12.2. The molecule has 2 heterocycles. The molecule has 160 valence electrons. The number of nitrogens with one attached hydrogen (secondary N) is 1. The van der Waals surface area contributed by atoms with Gasteiger partial charge < -0.3 is 19.4 Å². The number of hydrogen-bond donors (Lipinski definition) is 1. The van der Waals surface area contributed by atoms with Crippen molar-refractivity contribution >= 4 is 22.6 Å². The standard InChI is InChI=1S/C22H28N4O3S/c1-3-4-11-26(12-10-21(27)23-16-19-9-6-13-29-19)22-24-20(25-30-22)15-17-7-5-8-18(14-17)28-2/h5-9,13-14H,3-4,10-12,15-16H2,1-2H3,(H,23,27). The van der Waals surface area contributed by atoms with Crippen molar-refractivity contribution in [1.29, 1.82) is 0 Å². The molecule has 0 radical (unpaired) electrons. The fourth-order valence-electron chi connectivity index (χ4n) is 2.99. The van der Waals surface area contributed by atoms with E-state index in [0.717, 1.165) is 47.4 Å². The van der Waals surface area contributed by atoms with Gasteiger partial charge in [0.2, 0.25) is 11.0 Å². The van der Waals surface area contributed by atoms with Gasteiger partial charge in [0.05, 0.1) is 19.9 Å². The number of aromatic nitrogens is 2. The van der Waals surface area contributed by atoms with Gasteiger partial charge in [-0.3, -0.25) is 4.79 Å². The summed E-state index contributed by atoms with van der Waals surface area (Å²) < 4.78 is 15.1. The van der Waals surface area contributed by atoms with E-state index in [1.165, 1.54) is 11.5 Å². The van der Waals surface area contributed by atoms with Gasteiger partial charge in [0, 0.05) is 37.5 Å². The minimum absolute atomic E-state index is 0.00554. The molecule has 0 saturated carbocycles. The molecule has 1 amide bonds. The highest BCUT2D eigenvalue weighted by Gasteiger charge is 2.15. The van der Waals surface area contributed by atoms with Crippen molar-refractivity contribution in [2.75, 3.05) is 25.1 Å². The number of rotatable bonds is 12. The first-order chi connectivity index (χ1) is 14.7. The summed E-state index contributed by atoms with van der Waals surface area (Å²) in [5.41, 5.74) is 1.11. The second-order valence-corrected chi connectivity index (χ2v) is 7.70. The number of benzene rings is 1. The summed E-state index contributed by atoms with van der Waals surface area (Å²) in [7, 11) is 1.66. The molecule has 0 saturated heterocycles. The van der Waals surface area contributed by atoms with Crippen LogP contribution >= 0.6 is 11.5 Å². The Hall–Kier alpha value is -2.87. The third kappa shape index (κ3) is 6.59. The summed E-state index contributed by atoms with van der Waals surface area (Å²) in [6, 6.07) is 11.6. The van der Waals surface area contributed by atoms with Gasteiger partial charge in [0.25, 0.3) is 0 Å². The second kappa shape index (κ2) is 11.3. The Morgan fingerprint density at radius 3 is 2.93 bits per heavy atom. The molecular weight excluding hydrogens is 400 g/mol. The predicted molar refractivity (Wildman–Crippen MR) is 118 cm³/mol. The van der Waals surface area contributed by atoms with Crippen LogP contribution in [0.25, 0.3) is 0 Å². The van der Waals surface area contributed by atoms with Gasteiger partial charge in [0.15, 0.2) is 0 Å². The number of nitrogens with zero attached hydrogens (tertiary/aromatic N) is 3. The Morgan fingerprint density at radius 1 is 1.27 bits per heavy atom. The highest BCUT2D eigenvalue weighted by Crippen LogP contribution is 2.21. The molecule has 0 fully saturated rings. The molecule has 3 rings (SSSR count). The first-order valence-electron chi connectivity index (χ1n) is 10.2. The molecule has 1 N–H and O–H groups in total. The average Bonchev–Trinajstić information content (AvgIpc) is 3.45. The molecule has 1 aromatic carbocycles. The third-order valence-corrected chi connectivity index (χ3v) is 5.47. The summed E-state index contributed by atoms with van der Waals surface area (Å²) in [5, 5.41) is 3.75. The summed E-state index contributed by atoms with van der Waals surface area (Å²) in [5.74, 6) is 2.35. The Balaban J connectivity index is 1.57. The number of amides is 1. The van der Waals surface area contributed by atoms with Crippen molar-refractivity contribution in [2.45, 2.75) is 39.2 Å². The Bertz CT molecular complexity index is 911.